The lowest BCUT2D eigenvalue weighted by atomic mass is 9.86. The van der Waals surface area contributed by atoms with Crippen molar-refractivity contribution in [1.29, 1.82) is 0 Å². The third kappa shape index (κ3) is 5.32. The summed E-state index contributed by atoms with van der Waals surface area (Å²) in [5.41, 5.74) is 2.46. The molecule has 0 fully saturated rings. The summed E-state index contributed by atoms with van der Waals surface area (Å²) in [6.45, 7) is 14.5. The molecule has 0 saturated carbocycles. The number of hydrogen-bond acceptors (Lipinski definition) is 4. The van der Waals surface area contributed by atoms with Gasteiger partial charge in [-0.05, 0) is 77.9 Å². The Balaban J connectivity index is 1.89. The first-order chi connectivity index (χ1) is 14.3. The highest BCUT2D eigenvalue weighted by atomic mass is 16.5. The molecule has 0 bridgehead atoms. The fraction of sp³-hybridized carbons (Fsp3) is 0.333. The Labute approximate surface area is 185 Å². The van der Waals surface area contributed by atoms with Crippen LogP contribution >= 0.6 is 0 Å². The molecule has 0 unspecified atom stereocenters. The minimum absolute atomic E-state index is 0.172. The maximum atomic E-state index is 9.91. The lowest BCUT2D eigenvalue weighted by Gasteiger charge is -2.24. The number of phenols is 2. The molecule has 0 aliphatic rings. The number of hydrogen-bond donors (Lipinski definition) is 2. The van der Waals surface area contributed by atoms with Crippen molar-refractivity contribution in [2.75, 3.05) is 0 Å². The molecule has 0 spiro atoms. The van der Waals surface area contributed by atoms with Crippen LogP contribution in [-0.2, 0) is 10.8 Å². The topological polar surface area (TPSA) is 58.9 Å². The molecule has 2 N–H and O–H groups in total. The minimum Gasteiger partial charge on any atom is -0.508 e. The van der Waals surface area contributed by atoms with E-state index < -0.39 is 0 Å². The average Bonchev–Trinajstić information content (AvgIpc) is 2.65. The quantitative estimate of drug-likeness (QED) is 0.456. The van der Waals surface area contributed by atoms with Crippen molar-refractivity contribution >= 4 is 0 Å². The van der Waals surface area contributed by atoms with Gasteiger partial charge in [0.15, 0.2) is 0 Å². The Morgan fingerprint density at radius 3 is 1.48 bits per heavy atom. The fourth-order valence-electron chi connectivity index (χ4n) is 3.43. The summed E-state index contributed by atoms with van der Waals surface area (Å²) in [6.07, 6.45) is 0. The molecule has 164 valence electrons. The predicted octanol–water partition coefficient (Wildman–Crippen LogP) is 7.59. The smallest absolute Gasteiger partial charge is 0.131 e. The van der Waals surface area contributed by atoms with Gasteiger partial charge in [-0.2, -0.15) is 0 Å². The van der Waals surface area contributed by atoms with Crippen molar-refractivity contribution in [3.05, 3.63) is 71.3 Å². The molecule has 3 aromatic rings. The normalized spacial score (nSPS) is 12.0. The molecule has 31 heavy (non-hydrogen) atoms. The van der Waals surface area contributed by atoms with E-state index >= 15 is 0 Å². The van der Waals surface area contributed by atoms with Crippen LogP contribution in [-0.4, -0.2) is 10.2 Å². The standard InChI is InChI=1S/C27H32O4/c1-17-14-20(30-24-11-8-18(28)15-21(24)26(2,3)4)10-13-23(17)31-25-12-9-19(29)16-22(25)27(5,6)7/h8-16,28-29H,1-7H3. The molecule has 3 rings (SSSR count). The average molecular weight is 421 g/mol. The monoisotopic (exact) mass is 420 g/mol. The molecule has 3 aromatic carbocycles. The number of benzene rings is 3. The summed E-state index contributed by atoms with van der Waals surface area (Å²) < 4.78 is 12.4. The Morgan fingerprint density at radius 2 is 1.03 bits per heavy atom. The van der Waals surface area contributed by atoms with Crippen LogP contribution in [0.25, 0.3) is 0 Å². The molecule has 0 amide bonds. The molecular weight excluding hydrogens is 388 g/mol. The Kier molecular flexibility index (Phi) is 5.95. The van der Waals surface area contributed by atoms with Crippen LogP contribution in [0.3, 0.4) is 0 Å². The van der Waals surface area contributed by atoms with Gasteiger partial charge in [0.25, 0.3) is 0 Å². The molecule has 0 saturated heterocycles. The van der Waals surface area contributed by atoms with Crippen LogP contribution < -0.4 is 9.47 Å². The summed E-state index contributed by atoms with van der Waals surface area (Å²) in [6, 6.07) is 16.1. The summed E-state index contributed by atoms with van der Waals surface area (Å²) in [4.78, 5) is 0. The van der Waals surface area contributed by atoms with Gasteiger partial charge in [-0.25, -0.2) is 0 Å². The minimum atomic E-state index is -0.173. The van der Waals surface area contributed by atoms with Crippen molar-refractivity contribution in [2.45, 2.75) is 59.3 Å². The highest BCUT2D eigenvalue weighted by Crippen LogP contribution is 2.40. The molecule has 4 heteroatoms. The van der Waals surface area contributed by atoms with Gasteiger partial charge >= 0.3 is 0 Å². The Bertz CT molecular complexity index is 1090. The lowest BCUT2D eigenvalue weighted by Crippen LogP contribution is -2.12. The van der Waals surface area contributed by atoms with Crippen molar-refractivity contribution in [2.24, 2.45) is 0 Å². The molecule has 0 atom stereocenters. The molecule has 0 radical (unpaired) electrons. The molecule has 0 aliphatic carbocycles. The third-order valence-corrected chi connectivity index (χ3v) is 5.14. The number of aromatic hydroxyl groups is 2. The maximum absolute atomic E-state index is 9.91. The van der Waals surface area contributed by atoms with E-state index in [9.17, 15) is 10.2 Å². The Morgan fingerprint density at radius 1 is 0.581 bits per heavy atom. The van der Waals surface area contributed by atoms with Crippen molar-refractivity contribution < 1.29 is 19.7 Å². The van der Waals surface area contributed by atoms with E-state index in [1.54, 1.807) is 36.4 Å². The van der Waals surface area contributed by atoms with Crippen molar-refractivity contribution in [1.82, 2.24) is 0 Å². The maximum Gasteiger partial charge on any atom is 0.131 e. The SMILES string of the molecule is Cc1cc(Oc2ccc(O)cc2C(C)(C)C)ccc1Oc1ccc(O)cc1C(C)(C)C. The van der Waals surface area contributed by atoms with Crippen molar-refractivity contribution in [3.8, 4) is 34.5 Å². The van der Waals surface area contributed by atoms with Crippen LogP contribution in [0.2, 0.25) is 0 Å². The summed E-state index contributed by atoms with van der Waals surface area (Å²) in [7, 11) is 0. The number of rotatable bonds is 4. The second-order valence-corrected chi connectivity index (χ2v) is 9.99. The van der Waals surface area contributed by atoms with E-state index in [-0.39, 0.29) is 22.3 Å². The highest BCUT2D eigenvalue weighted by molar-refractivity contribution is 5.50. The Hall–Kier alpha value is -3.14. The van der Waals surface area contributed by atoms with Gasteiger partial charge < -0.3 is 19.7 Å². The van der Waals surface area contributed by atoms with E-state index in [0.717, 1.165) is 28.2 Å². The van der Waals surface area contributed by atoms with Gasteiger partial charge in [-0.15, -0.1) is 0 Å². The first-order valence-electron chi connectivity index (χ1n) is 10.5. The number of phenolic OH excluding ortho intramolecular Hbond substituents is 2. The van der Waals surface area contributed by atoms with Gasteiger partial charge in [0.05, 0.1) is 0 Å². The van der Waals surface area contributed by atoms with E-state index in [1.165, 1.54) is 0 Å². The number of ether oxygens (including phenoxy) is 2. The number of aryl methyl sites for hydroxylation is 1. The summed E-state index contributed by atoms with van der Waals surface area (Å²) in [5, 5.41) is 19.8. The highest BCUT2D eigenvalue weighted by Gasteiger charge is 2.22. The van der Waals surface area contributed by atoms with Gasteiger partial charge in [0.2, 0.25) is 0 Å². The predicted molar refractivity (Wildman–Crippen MR) is 125 cm³/mol. The second kappa shape index (κ2) is 8.18. The summed E-state index contributed by atoms with van der Waals surface area (Å²) in [5.74, 6) is 3.30. The molecule has 0 aromatic heterocycles. The third-order valence-electron chi connectivity index (χ3n) is 5.14. The largest absolute Gasteiger partial charge is 0.508 e. The van der Waals surface area contributed by atoms with Crippen LogP contribution in [0.15, 0.2) is 54.6 Å². The second-order valence-electron chi connectivity index (χ2n) is 9.99. The van der Waals surface area contributed by atoms with E-state index in [2.05, 4.69) is 41.5 Å². The van der Waals surface area contributed by atoms with Gasteiger partial charge in [-0.1, -0.05) is 41.5 Å². The summed E-state index contributed by atoms with van der Waals surface area (Å²) >= 11 is 0. The zero-order valence-electron chi connectivity index (χ0n) is 19.4. The van der Waals surface area contributed by atoms with E-state index in [1.807, 2.05) is 25.1 Å². The first kappa shape index (κ1) is 22.5. The van der Waals surface area contributed by atoms with Gasteiger partial charge in [0.1, 0.15) is 34.5 Å². The van der Waals surface area contributed by atoms with Crippen LogP contribution in [0, 0.1) is 6.92 Å². The van der Waals surface area contributed by atoms with E-state index in [0.29, 0.717) is 11.5 Å². The molecule has 4 nitrogen and oxygen atoms in total. The molecule has 0 aliphatic heterocycles. The molecule has 0 heterocycles. The van der Waals surface area contributed by atoms with Crippen molar-refractivity contribution in [3.63, 3.8) is 0 Å². The van der Waals surface area contributed by atoms with Crippen LogP contribution in [0.4, 0.5) is 0 Å². The van der Waals surface area contributed by atoms with Crippen LogP contribution in [0.5, 0.6) is 34.5 Å². The zero-order valence-corrected chi connectivity index (χ0v) is 19.4. The first-order valence-corrected chi connectivity index (χ1v) is 10.5. The fourth-order valence-corrected chi connectivity index (χ4v) is 3.43. The molecular formula is C27H32O4. The van der Waals surface area contributed by atoms with Gasteiger partial charge in [-0.3, -0.25) is 0 Å². The zero-order chi connectivity index (χ0) is 23.0. The lowest BCUT2D eigenvalue weighted by molar-refractivity contribution is 0.433. The van der Waals surface area contributed by atoms with Gasteiger partial charge in [0, 0.05) is 11.1 Å². The van der Waals surface area contributed by atoms with E-state index in [4.69, 9.17) is 9.47 Å². The van der Waals surface area contributed by atoms with Crippen LogP contribution in [0.1, 0.15) is 58.2 Å².